The van der Waals surface area contributed by atoms with E-state index < -0.39 is 0 Å². The van der Waals surface area contributed by atoms with Crippen LogP contribution in [0.3, 0.4) is 0 Å². The van der Waals surface area contributed by atoms with Crippen LogP contribution < -0.4 is 10.6 Å². The molecule has 2 nitrogen and oxygen atoms in total. The highest BCUT2D eigenvalue weighted by atomic mass is 14.9. The summed E-state index contributed by atoms with van der Waals surface area (Å²) in [5, 5.41) is 6.76. The Morgan fingerprint density at radius 1 is 0.700 bits per heavy atom. The van der Waals surface area contributed by atoms with Gasteiger partial charge in [0.25, 0.3) is 0 Å². The van der Waals surface area contributed by atoms with Crippen molar-refractivity contribution in [2.24, 2.45) is 0 Å². The van der Waals surface area contributed by atoms with Crippen molar-refractivity contribution in [2.75, 3.05) is 23.7 Å². The highest BCUT2D eigenvalue weighted by molar-refractivity contribution is 5.86. The van der Waals surface area contributed by atoms with Crippen LogP contribution in [0, 0.1) is 0 Å². The molecule has 0 atom stereocenters. The van der Waals surface area contributed by atoms with E-state index in [0.717, 1.165) is 24.5 Å². The Morgan fingerprint density at radius 2 is 1.10 bits per heavy atom. The molecule has 0 unspecified atom stereocenters. The van der Waals surface area contributed by atoms with Gasteiger partial charge in [-0.1, -0.05) is 48.6 Å². The lowest BCUT2D eigenvalue weighted by atomic mass is 10.0. The first-order valence-corrected chi connectivity index (χ1v) is 6.74. The largest absolute Gasteiger partial charge is 0.381 e. The minimum absolute atomic E-state index is 0.749. The van der Waals surface area contributed by atoms with Crippen molar-refractivity contribution in [1.82, 2.24) is 0 Å². The second kappa shape index (κ2) is 7.19. The highest BCUT2D eigenvalue weighted by Crippen LogP contribution is 2.33. The Hall–Kier alpha value is -2.48. The third-order valence-electron chi connectivity index (χ3n) is 3.02. The zero-order valence-corrected chi connectivity index (χ0v) is 11.6. The molecule has 2 N–H and O–H groups in total. The Kier molecular flexibility index (Phi) is 5.01. The summed E-state index contributed by atoms with van der Waals surface area (Å²) in [6, 6.07) is 16.6. The smallest absolute Gasteiger partial charge is 0.0423 e. The van der Waals surface area contributed by atoms with Crippen molar-refractivity contribution in [3.05, 3.63) is 73.8 Å². The zero-order chi connectivity index (χ0) is 14.2. The second-order valence-electron chi connectivity index (χ2n) is 4.43. The van der Waals surface area contributed by atoms with Gasteiger partial charge in [0.2, 0.25) is 0 Å². The van der Waals surface area contributed by atoms with Crippen LogP contribution in [0.5, 0.6) is 0 Å². The lowest BCUT2D eigenvalue weighted by Gasteiger charge is -2.15. The summed E-state index contributed by atoms with van der Waals surface area (Å²) in [6.45, 7) is 9.00. The first-order chi connectivity index (χ1) is 9.86. The van der Waals surface area contributed by atoms with Crippen LogP contribution in [0.25, 0.3) is 11.1 Å². The van der Waals surface area contributed by atoms with Crippen molar-refractivity contribution in [2.45, 2.75) is 0 Å². The first kappa shape index (κ1) is 13.9. The van der Waals surface area contributed by atoms with Crippen LogP contribution in [0.4, 0.5) is 11.4 Å². The van der Waals surface area contributed by atoms with Crippen LogP contribution in [0.15, 0.2) is 73.8 Å². The number of para-hydroxylation sites is 2. The maximum atomic E-state index is 3.75. The predicted octanol–water partition coefficient (Wildman–Crippen LogP) is 4.55. The average molecular weight is 264 g/mol. The molecule has 102 valence electrons. The molecule has 0 aliphatic rings. The van der Waals surface area contributed by atoms with E-state index in [0.29, 0.717) is 0 Å². The van der Waals surface area contributed by atoms with Gasteiger partial charge in [0, 0.05) is 35.6 Å². The molecule has 0 radical (unpaired) electrons. The van der Waals surface area contributed by atoms with E-state index in [1.54, 1.807) is 0 Å². The van der Waals surface area contributed by atoms with Crippen molar-refractivity contribution in [3.8, 4) is 11.1 Å². The van der Waals surface area contributed by atoms with Gasteiger partial charge in [0.1, 0.15) is 0 Å². The molecule has 0 aliphatic carbocycles. The molecule has 0 heterocycles. The molecule has 0 aliphatic heterocycles. The summed E-state index contributed by atoms with van der Waals surface area (Å²) in [4.78, 5) is 0. The minimum Gasteiger partial charge on any atom is -0.381 e. The molecular formula is C18H20N2. The molecule has 0 fully saturated rings. The van der Waals surface area contributed by atoms with E-state index in [1.807, 2.05) is 24.3 Å². The van der Waals surface area contributed by atoms with Crippen LogP contribution in [-0.4, -0.2) is 13.1 Å². The number of rotatable bonds is 7. The standard InChI is InChI=1S/C18H20N2/c1-3-13-19-17-11-7-5-9-15(17)16-10-6-8-12-18(16)20-14-4-2/h3-12,19-20H,1-2,13-14H2. The summed E-state index contributed by atoms with van der Waals surface area (Å²) in [5.41, 5.74) is 4.59. The van der Waals surface area contributed by atoms with Gasteiger partial charge in [-0.15, -0.1) is 13.2 Å². The minimum atomic E-state index is 0.749. The Balaban J connectivity index is 2.40. The molecule has 2 aromatic rings. The predicted molar refractivity (Wildman–Crippen MR) is 89.3 cm³/mol. The molecule has 0 saturated heterocycles. The van der Waals surface area contributed by atoms with Crippen LogP contribution >= 0.6 is 0 Å². The van der Waals surface area contributed by atoms with Gasteiger partial charge < -0.3 is 10.6 Å². The third kappa shape index (κ3) is 3.29. The molecule has 20 heavy (non-hydrogen) atoms. The molecule has 0 bridgehead atoms. The molecule has 2 aromatic carbocycles. The van der Waals surface area contributed by atoms with Crippen molar-refractivity contribution >= 4 is 11.4 Å². The van der Waals surface area contributed by atoms with Crippen LogP contribution in [0.2, 0.25) is 0 Å². The first-order valence-electron chi connectivity index (χ1n) is 6.74. The summed E-state index contributed by atoms with van der Waals surface area (Å²) < 4.78 is 0. The van der Waals surface area contributed by atoms with E-state index in [1.165, 1.54) is 11.1 Å². The van der Waals surface area contributed by atoms with Gasteiger partial charge in [-0.25, -0.2) is 0 Å². The lowest BCUT2D eigenvalue weighted by molar-refractivity contribution is 1.33. The molecule has 0 saturated carbocycles. The summed E-state index contributed by atoms with van der Waals surface area (Å²) in [7, 11) is 0. The van der Waals surface area contributed by atoms with E-state index in [2.05, 4.69) is 60.2 Å². The summed E-state index contributed by atoms with van der Waals surface area (Å²) in [6.07, 6.45) is 3.72. The topological polar surface area (TPSA) is 24.1 Å². The van der Waals surface area contributed by atoms with Gasteiger partial charge >= 0.3 is 0 Å². The van der Waals surface area contributed by atoms with Gasteiger partial charge in [-0.3, -0.25) is 0 Å². The van der Waals surface area contributed by atoms with Gasteiger partial charge in [-0.2, -0.15) is 0 Å². The van der Waals surface area contributed by atoms with E-state index in [9.17, 15) is 0 Å². The van der Waals surface area contributed by atoms with Crippen LogP contribution in [-0.2, 0) is 0 Å². The number of nitrogens with one attached hydrogen (secondary N) is 2. The van der Waals surface area contributed by atoms with Crippen molar-refractivity contribution < 1.29 is 0 Å². The fourth-order valence-electron chi connectivity index (χ4n) is 2.11. The summed E-state index contributed by atoms with van der Waals surface area (Å²) in [5.74, 6) is 0. The summed E-state index contributed by atoms with van der Waals surface area (Å²) >= 11 is 0. The maximum Gasteiger partial charge on any atom is 0.0423 e. The quantitative estimate of drug-likeness (QED) is 0.717. The normalized spacial score (nSPS) is 9.80. The second-order valence-corrected chi connectivity index (χ2v) is 4.43. The highest BCUT2D eigenvalue weighted by Gasteiger charge is 2.07. The Morgan fingerprint density at radius 3 is 1.50 bits per heavy atom. The van der Waals surface area contributed by atoms with E-state index in [-0.39, 0.29) is 0 Å². The SMILES string of the molecule is C=CCNc1ccccc1-c1ccccc1NCC=C. The fraction of sp³-hybridized carbons (Fsp3) is 0.111. The van der Waals surface area contributed by atoms with Crippen LogP contribution in [0.1, 0.15) is 0 Å². The molecule has 0 aromatic heterocycles. The fourth-order valence-corrected chi connectivity index (χ4v) is 2.11. The third-order valence-corrected chi connectivity index (χ3v) is 3.02. The van der Waals surface area contributed by atoms with Gasteiger partial charge in [-0.05, 0) is 12.1 Å². The van der Waals surface area contributed by atoms with Gasteiger partial charge in [0.15, 0.2) is 0 Å². The lowest BCUT2D eigenvalue weighted by Crippen LogP contribution is -2.02. The monoisotopic (exact) mass is 264 g/mol. The molecule has 0 amide bonds. The number of hydrogen-bond acceptors (Lipinski definition) is 2. The zero-order valence-electron chi connectivity index (χ0n) is 11.6. The number of hydrogen-bond donors (Lipinski definition) is 2. The van der Waals surface area contributed by atoms with E-state index in [4.69, 9.17) is 0 Å². The van der Waals surface area contributed by atoms with Crippen molar-refractivity contribution in [3.63, 3.8) is 0 Å². The average Bonchev–Trinajstić information content (AvgIpc) is 2.51. The molecule has 0 spiro atoms. The maximum absolute atomic E-state index is 3.75. The van der Waals surface area contributed by atoms with Crippen molar-refractivity contribution in [1.29, 1.82) is 0 Å². The van der Waals surface area contributed by atoms with E-state index >= 15 is 0 Å². The van der Waals surface area contributed by atoms with Gasteiger partial charge in [0.05, 0.1) is 0 Å². The Labute approximate surface area is 120 Å². The molecular weight excluding hydrogens is 244 g/mol. The molecule has 2 heteroatoms. The molecule has 2 rings (SSSR count). The number of benzene rings is 2. The number of anilines is 2. The Bertz CT molecular complexity index is 534.